The topological polar surface area (TPSA) is 74.2 Å². The largest absolute Gasteiger partial charge is 0.508 e. The number of H-pyrrole nitrogens is 1. The van der Waals surface area contributed by atoms with Crippen molar-refractivity contribution in [2.75, 3.05) is 20.1 Å². The first kappa shape index (κ1) is 24.5. The lowest BCUT2D eigenvalue weighted by Crippen LogP contribution is -2.29. The van der Waals surface area contributed by atoms with Crippen LogP contribution in [-0.2, 0) is 0 Å². The van der Waals surface area contributed by atoms with Crippen molar-refractivity contribution in [2.45, 2.75) is 24.8 Å². The summed E-state index contributed by atoms with van der Waals surface area (Å²) in [6.07, 6.45) is 3.83. The standard InChI is InChI=1S/C33H29FN4O2S/c1-37-15-12-21(13-16-37)20-6-8-22(9-7-20)29-18-23-14-17-38(33(40)31(23)41-29)30(25-19-24(34)10-11-28(25)39)32-35-26-4-2-3-5-27(26)36-32/h2-11,14,17-19,21,30,39H,12-13,15-16H2,1H3,(H,35,36)/i30D. The molecular weight excluding hydrogens is 535 g/mol. The van der Waals surface area contributed by atoms with Gasteiger partial charge in [0.05, 0.1) is 12.4 Å². The van der Waals surface area contributed by atoms with Crippen molar-refractivity contribution in [3.8, 4) is 16.2 Å². The Labute approximate surface area is 241 Å². The normalized spacial score (nSPS) is 16.7. The molecule has 0 radical (unpaired) electrons. The van der Waals surface area contributed by atoms with Gasteiger partial charge in [0.1, 0.15) is 28.1 Å². The van der Waals surface area contributed by atoms with Crippen LogP contribution in [0.15, 0.2) is 89.9 Å². The second-order valence-electron chi connectivity index (χ2n) is 10.7. The van der Waals surface area contributed by atoms with E-state index < -0.39 is 17.4 Å². The van der Waals surface area contributed by atoms with Crippen LogP contribution < -0.4 is 5.56 Å². The Bertz CT molecular complexity index is 1960. The third-order valence-electron chi connectivity index (χ3n) is 8.03. The SMILES string of the molecule is [2H]C(c1nc2ccccc2[nH]1)(c1cc(F)ccc1O)n1ccc2cc(-c3ccc(C4CCN(C)CC4)cc3)sc2c1=O. The lowest BCUT2D eigenvalue weighted by molar-refractivity contribution is 0.255. The number of rotatable bonds is 5. The predicted octanol–water partition coefficient (Wildman–Crippen LogP) is 6.90. The van der Waals surface area contributed by atoms with Gasteiger partial charge in [0, 0.05) is 22.0 Å². The third kappa shape index (κ3) is 4.73. The van der Waals surface area contributed by atoms with Gasteiger partial charge < -0.3 is 15.0 Å². The summed E-state index contributed by atoms with van der Waals surface area (Å²) in [4.78, 5) is 25.1. The minimum absolute atomic E-state index is 0.0901. The molecule has 2 N–H and O–H groups in total. The van der Waals surface area contributed by atoms with E-state index in [1.807, 2.05) is 24.3 Å². The van der Waals surface area contributed by atoms with Crippen LogP contribution in [0.25, 0.3) is 31.6 Å². The summed E-state index contributed by atoms with van der Waals surface area (Å²) in [6, 6.07) is 21.0. The molecule has 0 spiro atoms. The molecule has 6 aromatic rings. The lowest BCUT2D eigenvalue weighted by atomic mass is 9.89. The average molecular weight is 566 g/mol. The highest BCUT2D eigenvalue weighted by molar-refractivity contribution is 7.22. The van der Waals surface area contributed by atoms with Crippen molar-refractivity contribution in [3.05, 3.63) is 118 Å². The van der Waals surface area contributed by atoms with Gasteiger partial charge in [0.2, 0.25) is 0 Å². The van der Waals surface area contributed by atoms with Crippen LogP contribution in [0.4, 0.5) is 4.39 Å². The number of thiophene rings is 1. The van der Waals surface area contributed by atoms with Crippen LogP contribution >= 0.6 is 11.3 Å². The number of likely N-dealkylation sites (tertiary alicyclic amines) is 1. The molecule has 1 saturated heterocycles. The molecule has 0 saturated carbocycles. The molecule has 0 aliphatic carbocycles. The number of pyridine rings is 1. The number of aromatic nitrogens is 3. The molecule has 1 atom stereocenters. The fourth-order valence-corrected chi connectivity index (χ4v) is 6.83. The number of phenols is 1. The Morgan fingerprint density at radius 1 is 1.07 bits per heavy atom. The number of hydrogen-bond donors (Lipinski definition) is 2. The number of phenolic OH excluding ortho intramolecular Hbond substituents is 1. The zero-order valence-corrected chi connectivity index (χ0v) is 23.3. The van der Waals surface area contributed by atoms with Crippen LogP contribution in [0.3, 0.4) is 0 Å². The van der Waals surface area contributed by atoms with Crippen molar-refractivity contribution < 1.29 is 10.9 Å². The second kappa shape index (κ2) is 10.3. The van der Waals surface area contributed by atoms with Gasteiger partial charge in [-0.2, -0.15) is 0 Å². The van der Waals surface area contributed by atoms with Crippen LogP contribution in [0.5, 0.6) is 5.75 Å². The Morgan fingerprint density at radius 2 is 1.85 bits per heavy atom. The number of fused-ring (bicyclic) bond motifs is 2. The number of para-hydroxylation sites is 2. The number of hydrogen-bond acceptors (Lipinski definition) is 5. The van der Waals surface area contributed by atoms with Crippen molar-refractivity contribution in [1.29, 1.82) is 0 Å². The molecule has 0 bridgehead atoms. The molecule has 1 fully saturated rings. The molecule has 1 unspecified atom stereocenters. The average Bonchev–Trinajstić information content (AvgIpc) is 3.65. The van der Waals surface area contributed by atoms with Gasteiger partial charge >= 0.3 is 0 Å². The van der Waals surface area contributed by atoms with E-state index in [1.165, 1.54) is 33.7 Å². The highest BCUT2D eigenvalue weighted by Gasteiger charge is 2.26. The predicted molar refractivity (Wildman–Crippen MR) is 162 cm³/mol. The second-order valence-corrected chi connectivity index (χ2v) is 11.8. The van der Waals surface area contributed by atoms with Gasteiger partial charge in [-0.3, -0.25) is 9.36 Å². The molecule has 206 valence electrons. The van der Waals surface area contributed by atoms with E-state index in [0.29, 0.717) is 21.7 Å². The minimum atomic E-state index is -2.07. The Kier molecular flexibility index (Phi) is 6.15. The first-order chi connectivity index (χ1) is 20.3. The van der Waals surface area contributed by atoms with Crippen LogP contribution in [-0.4, -0.2) is 44.7 Å². The summed E-state index contributed by atoms with van der Waals surface area (Å²) in [6.45, 7) is 2.21. The van der Waals surface area contributed by atoms with Gasteiger partial charge in [-0.1, -0.05) is 36.4 Å². The lowest BCUT2D eigenvalue weighted by Gasteiger charge is -2.29. The molecule has 3 aromatic carbocycles. The van der Waals surface area contributed by atoms with E-state index in [-0.39, 0.29) is 17.1 Å². The Hall–Kier alpha value is -4.27. The number of nitrogens with zero attached hydrogens (tertiary/aromatic N) is 3. The van der Waals surface area contributed by atoms with E-state index in [0.717, 1.165) is 53.9 Å². The number of halogens is 1. The summed E-state index contributed by atoms with van der Waals surface area (Å²) in [5.74, 6) is -0.290. The quantitative estimate of drug-likeness (QED) is 0.239. The highest BCUT2D eigenvalue weighted by atomic mass is 32.1. The smallest absolute Gasteiger partial charge is 0.269 e. The van der Waals surface area contributed by atoms with E-state index in [1.54, 1.807) is 12.1 Å². The van der Waals surface area contributed by atoms with Crippen molar-refractivity contribution >= 4 is 32.5 Å². The third-order valence-corrected chi connectivity index (χ3v) is 9.22. The molecule has 3 aromatic heterocycles. The summed E-state index contributed by atoms with van der Waals surface area (Å²) < 4.78 is 25.9. The van der Waals surface area contributed by atoms with Gasteiger partial charge in [0.15, 0.2) is 0 Å². The molecule has 6 nitrogen and oxygen atoms in total. The summed E-state index contributed by atoms with van der Waals surface area (Å²) in [5.41, 5.74) is 3.11. The van der Waals surface area contributed by atoms with E-state index in [2.05, 4.69) is 46.2 Å². The summed E-state index contributed by atoms with van der Waals surface area (Å²) in [7, 11) is 2.16. The number of piperidine rings is 1. The number of benzene rings is 3. The highest BCUT2D eigenvalue weighted by Crippen LogP contribution is 2.36. The first-order valence-electron chi connectivity index (χ1n) is 14.2. The molecule has 1 aliphatic heterocycles. The van der Waals surface area contributed by atoms with E-state index in [9.17, 15) is 15.7 Å². The van der Waals surface area contributed by atoms with Gasteiger partial charge in [-0.25, -0.2) is 9.37 Å². The Balaban J connectivity index is 1.33. The molecule has 0 amide bonds. The van der Waals surface area contributed by atoms with E-state index in [4.69, 9.17) is 0 Å². The molecule has 8 heteroatoms. The summed E-state index contributed by atoms with van der Waals surface area (Å²) >= 11 is 1.36. The van der Waals surface area contributed by atoms with E-state index >= 15 is 0 Å². The fraction of sp³-hybridized carbons (Fsp3) is 0.212. The number of imidazole rings is 1. The van der Waals surface area contributed by atoms with Crippen LogP contribution in [0, 0.1) is 5.82 Å². The van der Waals surface area contributed by atoms with Crippen molar-refractivity contribution in [1.82, 2.24) is 19.4 Å². The van der Waals surface area contributed by atoms with Crippen molar-refractivity contribution in [3.63, 3.8) is 0 Å². The molecule has 1 aliphatic rings. The van der Waals surface area contributed by atoms with Crippen LogP contribution in [0.1, 0.15) is 43.1 Å². The maximum atomic E-state index is 14.5. The molecule has 7 rings (SSSR count). The number of nitrogens with one attached hydrogen (secondary N) is 1. The maximum Gasteiger partial charge on any atom is 0.269 e. The zero-order chi connectivity index (χ0) is 29.0. The summed E-state index contributed by atoms with van der Waals surface area (Å²) in [5, 5.41) is 11.6. The molecular formula is C33H29FN4O2S. The monoisotopic (exact) mass is 565 g/mol. The first-order valence-corrected chi connectivity index (χ1v) is 14.5. The van der Waals surface area contributed by atoms with Gasteiger partial charge in [-0.05, 0) is 92.5 Å². The Morgan fingerprint density at radius 3 is 2.63 bits per heavy atom. The number of aromatic amines is 1. The number of aromatic hydroxyl groups is 1. The minimum Gasteiger partial charge on any atom is -0.508 e. The fourth-order valence-electron chi connectivity index (χ4n) is 5.74. The van der Waals surface area contributed by atoms with Crippen LogP contribution in [0.2, 0.25) is 0 Å². The maximum absolute atomic E-state index is 14.5. The molecule has 41 heavy (non-hydrogen) atoms. The zero-order valence-electron chi connectivity index (χ0n) is 23.5. The van der Waals surface area contributed by atoms with Gasteiger partial charge in [0.25, 0.3) is 5.56 Å². The van der Waals surface area contributed by atoms with Gasteiger partial charge in [-0.15, -0.1) is 11.3 Å². The van der Waals surface area contributed by atoms with Crippen molar-refractivity contribution in [2.24, 2.45) is 0 Å². The molecule has 4 heterocycles.